The van der Waals surface area contributed by atoms with Crippen LogP contribution in [0, 0.1) is 10.1 Å². The molecule has 0 spiro atoms. The van der Waals surface area contributed by atoms with Crippen molar-refractivity contribution in [2.45, 2.75) is 38.3 Å². The number of nitrogens with one attached hydrogen (secondary N) is 1. The Morgan fingerprint density at radius 2 is 2.05 bits per heavy atom. The number of nitro benzene ring substituents is 1. The first-order valence-electron chi connectivity index (χ1n) is 6.32. The molecule has 1 atom stereocenters. The quantitative estimate of drug-likeness (QED) is 0.667. The van der Waals surface area contributed by atoms with Crippen molar-refractivity contribution in [3.8, 4) is 0 Å². The zero-order chi connectivity index (χ0) is 14.9. The van der Waals surface area contributed by atoms with Gasteiger partial charge in [0.25, 0.3) is 5.69 Å². The van der Waals surface area contributed by atoms with Crippen LogP contribution in [0.4, 0.5) is 11.4 Å². The molecule has 7 heteroatoms. The molecule has 1 aromatic carbocycles. The predicted molar refractivity (Wildman–Crippen MR) is 79.8 cm³/mol. The Balaban J connectivity index is 2.24. The van der Waals surface area contributed by atoms with Gasteiger partial charge in [0.1, 0.15) is 5.69 Å². The topological polar surface area (TPSA) is 64.4 Å². The largest absolute Gasteiger partial charge is 0.377 e. The smallest absolute Gasteiger partial charge is 0.293 e. The van der Waals surface area contributed by atoms with Crippen LogP contribution in [0.15, 0.2) is 12.1 Å². The van der Waals surface area contributed by atoms with Crippen molar-refractivity contribution < 1.29 is 9.66 Å². The number of nitro groups is 1. The third kappa shape index (κ3) is 3.53. The molecule has 1 saturated heterocycles. The summed E-state index contributed by atoms with van der Waals surface area (Å²) >= 11 is 11.8. The summed E-state index contributed by atoms with van der Waals surface area (Å²) in [5.74, 6) is 0. The van der Waals surface area contributed by atoms with Crippen LogP contribution in [0.5, 0.6) is 0 Å². The molecule has 1 aromatic rings. The molecule has 1 heterocycles. The highest BCUT2D eigenvalue weighted by Crippen LogP contribution is 2.36. The first kappa shape index (κ1) is 15.4. The third-order valence-electron chi connectivity index (χ3n) is 3.29. The van der Waals surface area contributed by atoms with Crippen LogP contribution in [0.25, 0.3) is 0 Å². The maximum atomic E-state index is 11.1. The molecule has 0 saturated carbocycles. The second kappa shape index (κ2) is 5.76. The molecule has 0 aromatic heterocycles. The number of hydrogen-bond donors (Lipinski definition) is 1. The lowest BCUT2D eigenvalue weighted by Gasteiger charge is -2.36. The second-order valence-corrected chi connectivity index (χ2v) is 6.30. The van der Waals surface area contributed by atoms with Crippen molar-refractivity contribution in [3.05, 3.63) is 32.3 Å². The van der Waals surface area contributed by atoms with Crippen molar-refractivity contribution in [1.29, 1.82) is 0 Å². The summed E-state index contributed by atoms with van der Waals surface area (Å²) in [5.41, 5.74) is 0.0942. The Hall–Kier alpha value is -1.04. The van der Waals surface area contributed by atoms with E-state index in [2.05, 4.69) is 5.32 Å². The zero-order valence-corrected chi connectivity index (χ0v) is 12.8. The van der Waals surface area contributed by atoms with E-state index in [-0.39, 0.29) is 22.4 Å². The van der Waals surface area contributed by atoms with Gasteiger partial charge in [-0.05, 0) is 32.8 Å². The number of nitrogens with zero attached hydrogens (tertiary/aromatic N) is 1. The maximum absolute atomic E-state index is 11.1. The van der Waals surface area contributed by atoms with Gasteiger partial charge >= 0.3 is 0 Å². The summed E-state index contributed by atoms with van der Waals surface area (Å²) < 4.78 is 5.63. The number of benzene rings is 1. The monoisotopic (exact) mass is 318 g/mol. The van der Waals surface area contributed by atoms with Crippen molar-refractivity contribution in [1.82, 2.24) is 0 Å². The van der Waals surface area contributed by atoms with Gasteiger partial charge in [0.05, 0.1) is 20.6 Å². The van der Waals surface area contributed by atoms with Gasteiger partial charge in [0.2, 0.25) is 0 Å². The average Bonchev–Trinajstić information content (AvgIpc) is 2.32. The standard InChI is InChI=1S/C13H16Cl2N2O3/c1-13(2)7-8(3-4-20-13)16-11-5-9(14)10(15)6-12(11)17(18)19/h5-6,8,16H,3-4,7H2,1-2H3. The summed E-state index contributed by atoms with van der Waals surface area (Å²) in [6.45, 7) is 4.63. The van der Waals surface area contributed by atoms with E-state index < -0.39 is 4.92 Å². The van der Waals surface area contributed by atoms with Crippen LogP contribution in [0.1, 0.15) is 26.7 Å². The molecule has 0 amide bonds. The first-order valence-corrected chi connectivity index (χ1v) is 7.08. The summed E-state index contributed by atoms with van der Waals surface area (Å²) in [6.07, 6.45) is 1.56. The number of halogens is 2. The number of anilines is 1. The Kier molecular flexibility index (Phi) is 4.42. The normalized spacial score (nSPS) is 21.5. The molecule has 1 fully saturated rings. The van der Waals surface area contributed by atoms with E-state index in [1.54, 1.807) is 0 Å². The average molecular weight is 319 g/mol. The van der Waals surface area contributed by atoms with E-state index in [0.717, 1.165) is 12.8 Å². The van der Waals surface area contributed by atoms with Crippen molar-refractivity contribution in [3.63, 3.8) is 0 Å². The molecule has 1 aliphatic rings. The lowest BCUT2D eigenvalue weighted by atomic mass is 9.93. The molecule has 1 unspecified atom stereocenters. The Bertz CT molecular complexity index is 535. The van der Waals surface area contributed by atoms with Gasteiger partial charge in [-0.3, -0.25) is 10.1 Å². The molecule has 0 aliphatic carbocycles. The highest BCUT2D eigenvalue weighted by atomic mass is 35.5. The van der Waals surface area contributed by atoms with Gasteiger partial charge in [-0.1, -0.05) is 23.2 Å². The Morgan fingerprint density at radius 3 is 2.65 bits per heavy atom. The molecule has 1 N–H and O–H groups in total. The fourth-order valence-electron chi connectivity index (χ4n) is 2.38. The van der Waals surface area contributed by atoms with Crippen LogP contribution in [0.2, 0.25) is 10.0 Å². The fraction of sp³-hybridized carbons (Fsp3) is 0.538. The molecular formula is C13H16Cl2N2O3. The van der Waals surface area contributed by atoms with Gasteiger partial charge in [-0.2, -0.15) is 0 Å². The molecule has 110 valence electrons. The van der Waals surface area contributed by atoms with E-state index >= 15 is 0 Å². The zero-order valence-electron chi connectivity index (χ0n) is 11.3. The second-order valence-electron chi connectivity index (χ2n) is 5.48. The molecule has 5 nitrogen and oxygen atoms in total. The van der Waals surface area contributed by atoms with Gasteiger partial charge < -0.3 is 10.1 Å². The third-order valence-corrected chi connectivity index (χ3v) is 4.01. The van der Waals surface area contributed by atoms with Crippen LogP contribution in [-0.2, 0) is 4.74 Å². The van der Waals surface area contributed by atoms with Gasteiger partial charge in [0.15, 0.2) is 0 Å². The van der Waals surface area contributed by atoms with Gasteiger partial charge in [-0.15, -0.1) is 0 Å². The van der Waals surface area contributed by atoms with E-state index in [0.29, 0.717) is 17.3 Å². The van der Waals surface area contributed by atoms with Crippen LogP contribution < -0.4 is 5.32 Å². The SMILES string of the molecule is CC1(C)CC(Nc2cc(Cl)c(Cl)cc2[N+](=O)[O-])CCO1. The minimum absolute atomic E-state index is 0.0660. The molecule has 0 bridgehead atoms. The molecule has 1 aliphatic heterocycles. The van der Waals surface area contributed by atoms with Gasteiger partial charge in [0, 0.05) is 18.7 Å². The molecule has 0 radical (unpaired) electrons. The Morgan fingerprint density at radius 1 is 1.40 bits per heavy atom. The van der Waals surface area contributed by atoms with Gasteiger partial charge in [-0.25, -0.2) is 0 Å². The summed E-state index contributed by atoms with van der Waals surface area (Å²) in [4.78, 5) is 10.6. The van der Waals surface area contributed by atoms with Crippen molar-refractivity contribution >= 4 is 34.6 Å². The molecular weight excluding hydrogens is 303 g/mol. The molecule has 20 heavy (non-hydrogen) atoms. The first-order chi connectivity index (χ1) is 9.28. The highest BCUT2D eigenvalue weighted by Gasteiger charge is 2.30. The number of ether oxygens (including phenoxy) is 1. The maximum Gasteiger partial charge on any atom is 0.293 e. The van der Waals surface area contributed by atoms with Crippen molar-refractivity contribution in [2.24, 2.45) is 0 Å². The van der Waals surface area contributed by atoms with E-state index in [9.17, 15) is 10.1 Å². The van der Waals surface area contributed by atoms with Crippen LogP contribution >= 0.6 is 23.2 Å². The van der Waals surface area contributed by atoms with Crippen molar-refractivity contribution in [2.75, 3.05) is 11.9 Å². The minimum atomic E-state index is -0.463. The lowest BCUT2D eigenvalue weighted by Crippen LogP contribution is -2.40. The number of hydrogen-bond acceptors (Lipinski definition) is 4. The predicted octanol–water partition coefficient (Wildman–Crippen LogP) is 4.27. The van der Waals surface area contributed by atoms with E-state index in [1.165, 1.54) is 12.1 Å². The number of rotatable bonds is 3. The minimum Gasteiger partial charge on any atom is -0.377 e. The Labute approximate surface area is 127 Å². The van der Waals surface area contributed by atoms with Crippen LogP contribution in [-0.4, -0.2) is 23.2 Å². The summed E-state index contributed by atoms with van der Waals surface area (Å²) in [6, 6.07) is 2.89. The fourth-order valence-corrected chi connectivity index (χ4v) is 2.70. The lowest BCUT2D eigenvalue weighted by molar-refractivity contribution is -0.384. The van der Waals surface area contributed by atoms with E-state index in [1.807, 2.05) is 13.8 Å². The summed E-state index contributed by atoms with van der Waals surface area (Å²) in [5, 5.41) is 14.8. The highest BCUT2D eigenvalue weighted by molar-refractivity contribution is 6.42. The molecule has 2 rings (SSSR count). The van der Waals surface area contributed by atoms with Crippen LogP contribution in [0.3, 0.4) is 0 Å². The summed E-state index contributed by atoms with van der Waals surface area (Å²) in [7, 11) is 0. The van der Waals surface area contributed by atoms with E-state index in [4.69, 9.17) is 27.9 Å².